The lowest BCUT2D eigenvalue weighted by Gasteiger charge is -2.40. The smallest absolute Gasteiger partial charge is 0.276 e. The van der Waals surface area contributed by atoms with Crippen molar-refractivity contribution in [1.82, 2.24) is 24.8 Å². The molecule has 2 aliphatic rings. The molecule has 156 valence electrons. The summed E-state index contributed by atoms with van der Waals surface area (Å²) in [7, 11) is 0. The number of rotatable bonds is 3. The zero-order chi connectivity index (χ0) is 21.8. The number of benzene rings is 1. The first kappa shape index (κ1) is 20.2. The first-order valence-electron chi connectivity index (χ1n) is 9.39. The van der Waals surface area contributed by atoms with E-state index in [9.17, 15) is 9.59 Å². The molecule has 0 saturated carbocycles. The summed E-state index contributed by atoms with van der Waals surface area (Å²) in [6, 6.07) is 8.82. The largest absolute Gasteiger partial charge is 0.306 e. The van der Waals surface area contributed by atoms with Crippen LogP contribution >= 0.6 is 35.0 Å². The van der Waals surface area contributed by atoms with E-state index in [4.69, 9.17) is 23.2 Å². The molecule has 5 rings (SSSR count). The molecular formula is C21H15Cl2N5O2S. The van der Waals surface area contributed by atoms with Crippen molar-refractivity contribution in [3.63, 3.8) is 0 Å². The zero-order valence-corrected chi connectivity index (χ0v) is 18.6. The number of nitrogens with zero attached hydrogens (tertiary/aromatic N) is 5. The van der Waals surface area contributed by atoms with E-state index in [0.717, 1.165) is 5.56 Å². The Hall–Kier alpha value is -2.68. The van der Waals surface area contributed by atoms with Crippen molar-refractivity contribution in [3.8, 4) is 0 Å². The molecule has 10 heteroatoms. The fourth-order valence-corrected chi connectivity index (χ4v) is 4.98. The Morgan fingerprint density at radius 2 is 1.90 bits per heavy atom. The minimum absolute atomic E-state index is 0.0981. The average molecular weight is 472 g/mol. The Labute approximate surface area is 192 Å². The van der Waals surface area contributed by atoms with Crippen molar-refractivity contribution < 1.29 is 9.59 Å². The summed E-state index contributed by atoms with van der Waals surface area (Å²) < 4.78 is 0. The van der Waals surface area contributed by atoms with E-state index in [2.05, 4.69) is 15.0 Å². The Morgan fingerprint density at radius 3 is 2.65 bits per heavy atom. The van der Waals surface area contributed by atoms with Gasteiger partial charge in [-0.2, -0.15) is 0 Å². The lowest BCUT2D eigenvalue weighted by molar-refractivity contribution is 0.0370. The first-order chi connectivity index (χ1) is 15.0. The molecule has 7 nitrogen and oxygen atoms in total. The van der Waals surface area contributed by atoms with Gasteiger partial charge in [0.2, 0.25) is 0 Å². The normalized spacial score (nSPS) is 19.5. The van der Waals surface area contributed by atoms with E-state index in [-0.39, 0.29) is 22.5 Å². The molecular weight excluding hydrogens is 457 g/mol. The van der Waals surface area contributed by atoms with Gasteiger partial charge in [0.05, 0.1) is 16.8 Å². The Kier molecular flexibility index (Phi) is 4.88. The highest BCUT2D eigenvalue weighted by Crippen LogP contribution is 2.50. The van der Waals surface area contributed by atoms with Crippen LogP contribution in [-0.2, 0) is 5.66 Å². The van der Waals surface area contributed by atoms with Crippen LogP contribution in [-0.4, -0.2) is 55.9 Å². The number of carbonyl (C=O) groups is 2. The van der Waals surface area contributed by atoms with Gasteiger partial charge in [-0.05, 0) is 24.5 Å². The summed E-state index contributed by atoms with van der Waals surface area (Å²) in [5, 5.41) is 1.15. The van der Waals surface area contributed by atoms with Gasteiger partial charge >= 0.3 is 0 Å². The summed E-state index contributed by atoms with van der Waals surface area (Å²) in [5.41, 5.74) is 0.833. The maximum atomic E-state index is 13.8. The Morgan fingerprint density at radius 1 is 1.13 bits per heavy atom. The average Bonchev–Trinajstić information content (AvgIpc) is 3.30. The Balaban J connectivity index is 1.74. The number of aromatic nitrogens is 3. The van der Waals surface area contributed by atoms with Gasteiger partial charge in [-0.15, -0.1) is 0 Å². The van der Waals surface area contributed by atoms with Crippen molar-refractivity contribution in [2.75, 3.05) is 19.3 Å². The maximum Gasteiger partial charge on any atom is 0.276 e. The van der Waals surface area contributed by atoms with Gasteiger partial charge in [-0.1, -0.05) is 47.1 Å². The lowest BCUT2D eigenvalue weighted by Crippen LogP contribution is -2.51. The summed E-state index contributed by atoms with van der Waals surface area (Å²) in [5.74, 6) is -0.536. The molecule has 4 heterocycles. The second-order valence-electron chi connectivity index (χ2n) is 7.07. The Bertz CT molecular complexity index is 1220. The monoisotopic (exact) mass is 471 g/mol. The van der Waals surface area contributed by atoms with E-state index in [1.54, 1.807) is 40.4 Å². The topological polar surface area (TPSA) is 79.3 Å². The highest BCUT2D eigenvalue weighted by atomic mass is 35.5. The van der Waals surface area contributed by atoms with Crippen molar-refractivity contribution in [2.45, 2.75) is 10.8 Å². The molecule has 2 amide bonds. The minimum atomic E-state index is -1.16. The van der Waals surface area contributed by atoms with Crippen molar-refractivity contribution in [3.05, 3.63) is 81.4 Å². The van der Waals surface area contributed by atoms with Gasteiger partial charge in [0.15, 0.2) is 16.5 Å². The minimum Gasteiger partial charge on any atom is -0.306 e. The van der Waals surface area contributed by atoms with Crippen molar-refractivity contribution >= 4 is 46.8 Å². The number of hydrogen-bond acceptors (Lipinski definition) is 6. The number of hydrogen-bond donors (Lipinski definition) is 0. The third kappa shape index (κ3) is 2.86. The van der Waals surface area contributed by atoms with Crippen LogP contribution < -0.4 is 0 Å². The highest BCUT2D eigenvalue weighted by molar-refractivity contribution is 7.98. The number of fused-ring (bicyclic) bond motifs is 3. The van der Waals surface area contributed by atoms with Gasteiger partial charge in [0.1, 0.15) is 0 Å². The third-order valence-electron chi connectivity index (χ3n) is 5.60. The maximum absolute atomic E-state index is 13.8. The molecule has 2 aliphatic heterocycles. The highest BCUT2D eigenvalue weighted by Gasteiger charge is 2.60. The summed E-state index contributed by atoms with van der Waals surface area (Å²) in [4.78, 5) is 43.1. The van der Waals surface area contributed by atoms with Gasteiger partial charge in [0, 0.05) is 41.6 Å². The third-order valence-corrected chi connectivity index (χ3v) is 6.69. The summed E-state index contributed by atoms with van der Waals surface area (Å²) in [6.45, 7) is 0.677. The quantitative estimate of drug-likeness (QED) is 0.427. The van der Waals surface area contributed by atoms with Crippen LogP contribution in [0.15, 0.2) is 54.1 Å². The molecule has 1 fully saturated rings. The van der Waals surface area contributed by atoms with E-state index in [1.165, 1.54) is 18.0 Å². The van der Waals surface area contributed by atoms with Crippen LogP contribution in [0, 0.1) is 0 Å². The van der Waals surface area contributed by atoms with E-state index < -0.39 is 5.66 Å². The molecule has 0 spiro atoms. The molecule has 0 radical (unpaired) electrons. The molecule has 1 aromatic carbocycles. The molecule has 1 saturated heterocycles. The SMILES string of the molecule is CSc1ncc(Cl)c(C(=O)N2CCN3C(=O)c4ccncc4C32c2ccc(Cl)cc2)n1. The number of pyridine rings is 1. The van der Waals surface area contributed by atoms with Crippen LogP contribution in [0.25, 0.3) is 0 Å². The van der Waals surface area contributed by atoms with E-state index in [0.29, 0.717) is 34.4 Å². The van der Waals surface area contributed by atoms with Gasteiger partial charge < -0.3 is 9.80 Å². The molecule has 0 N–H and O–H groups in total. The van der Waals surface area contributed by atoms with Gasteiger partial charge in [-0.3, -0.25) is 14.6 Å². The van der Waals surface area contributed by atoms with Crippen LogP contribution in [0.2, 0.25) is 10.0 Å². The zero-order valence-electron chi connectivity index (χ0n) is 16.2. The standard InChI is InChI=1S/C21H15Cl2N5O2S/c1-31-20-25-11-16(23)17(26-20)19(30)28-9-8-27-18(29)14-6-7-24-10-15(14)21(27,28)12-2-4-13(22)5-3-12/h2-7,10-11H,8-9H2,1H3. The molecule has 2 aromatic heterocycles. The first-order valence-corrected chi connectivity index (χ1v) is 11.4. The van der Waals surface area contributed by atoms with Crippen LogP contribution in [0.1, 0.15) is 32.0 Å². The number of thioether (sulfide) groups is 1. The van der Waals surface area contributed by atoms with E-state index >= 15 is 0 Å². The number of carbonyl (C=O) groups excluding carboxylic acids is 2. The second kappa shape index (κ2) is 7.47. The van der Waals surface area contributed by atoms with Crippen LogP contribution in [0.4, 0.5) is 0 Å². The second-order valence-corrected chi connectivity index (χ2v) is 8.68. The van der Waals surface area contributed by atoms with Gasteiger partial charge in [0.25, 0.3) is 11.8 Å². The predicted molar refractivity (Wildman–Crippen MR) is 117 cm³/mol. The van der Waals surface area contributed by atoms with E-state index in [1.807, 2.05) is 18.4 Å². The number of amides is 2. The molecule has 31 heavy (non-hydrogen) atoms. The molecule has 1 atom stereocenters. The summed E-state index contributed by atoms with van der Waals surface area (Å²) >= 11 is 13.8. The number of halogens is 2. The molecule has 3 aromatic rings. The molecule has 0 bridgehead atoms. The summed E-state index contributed by atoms with van der Waals surface area (Å²) in [6.07, 6.45) is 6.46. The van der Waals surface area contributed by atoms with Gasteiger partial charge in [-0.25, -0.2) is 9.97 Å². The fourth-order valence-electron chi connectivity index (χ4n) is 4.34. The lowest BCUT2D eigenvalue weighted by atomic mass is 9.91. The van der Waals surface area contributed by atoms with Crippen LogP contribution in [0.3, 0.4) is 0 Å². The van der Waals surface area contributed by atoms with Crippen LogP contribution in [0.5, 0.6) is 0 Å². The molecule has 0 aliphatic carbocycles. The molecule has 1 unspecified atom stereocenters. The fraction of sp³-hybridized carbons (Fsp3) is 0.190. The van der Waals surface area contributed by atoms with Crippen molar-refractivity contribution in [1.29, 1.82) is 0 Å². The van der Waals surface area contributed by atoms with Crippen molar-refractivity contribution in [2.24, 2.45) is 0 Å². The predicted octanol–water partition coefficient (Wildman–Crippen LogP) is 3.71.